The Bertz CT molecular complexity index is 443. The van der Waals surface area contributed by atoms with E-state index in [0.717, 1.165) is 5.69 Å². The van der Waals surface area contributed by atoms with E-state index in [1.165, 1.54) is 0 Å². The molecule has 0 aliphatic rings. The molecule has 0 aliphatic heterocycles. The third kappa shape index (κ3) is 3.29. The fourth-order valence-electron chi connectivity index (χ4n) is 1.54. The number of rotatable bonds is 6. The van der Waals surface area contributed by atoms with Crippen molar-refractivity contribution in [2.24, 2.45) is 18.2 Å². The minimum absolute atomic E-state index is 0.117. The second kappa shape index (κ2) is 5.95. The number of nitrogens with zero attached hydrogens (tertiary/aromatic N) is 2. The van der Waals surface area contributed by atoms with Crippen molar-refractivity contribution in [1.29, 1.82) is 0 Å². The maximum atomic E-state index is 12.0. The number of nitrogens with one attached hydrogen (secondary N) is 1. The first-order chi connectivity index (χ1) is 8.40. The standard InChI is InChI=1S/C12H20N4OS/c1-4-12(2,10(13)18)11(17)14-7-5-9-6-8-16(3)15-9/h6,8H,4-5,7H2,1-3H3,(H2,13,18)(H,14,17). The number of aryl methyl sites for hydroxylation is 1. The largest absolute Gasteiger partial charge is 0.392 e. The number of carbonyl (C=O) groups is 1. The lowest BCUT2D eigenvalue weighted by atomic mass is 9.86. The first-order valence-electron chi connectivity index (χ1n) is 5.97. The Balaban J connectivity index is 2.48. The van der Waals surface area contributed by atoms with E-state index >= 15 is 0 Å². The predicted octanol–water partition coefficient (Wildman–Crippen LogP) is 0.781. The summed E-state index contributed by atoms with van der Waals surface area (Å²) >= 11 is 4.95. The van der Waals surface area contributed by atoms with Gasteiger partial charge in [-0.25, -0.2) is 0 Å². The zero-order valence-electron chi connectivity index (χ0n) is 11.1. The lowest BCUT2D eigenvalue weighted by molar-refractivity contribution is -0.126. The van der Waals surface area contributed by atoms with Crippen LogP contribution in [0, 0.1) is 5.41 Å². The summed E-state index contributed by atoms with van der Waals surface area (Å²) in [6.07, 6.45) is 3.17. The Labute approximate surface area is 113 Å². The second-order valence-corrected chi connectivity index (χ2v) is 4.98. The highest BCUT2D eigenvalue weighted by Gasteiger charge is 2.34. The highest BCUT2D eigenvalue weighted by Crippen LogP contribution is 2.21. The fraction of sp³-hybridized carbons (Fsp3) is 0.583. The molecule has 0 radical (unpaired) electrons. The molecule has 0 spiro atoms. The number of hydrogen-bond acceptors (Lipinski definition) is 3. The first-order valence-corrected chi connectivity index (χ1v) is 6.37. The van der Waals surface area contributed by atoms with Crippen LogP contribution in [0.5, 0.6) is 0 Å². The highest BCUT2D eigenvalue weighted by molar-refractivity contribution is 7.80. The van der Waals surface area contributed by atoms with Crippen LogP contribution in [0.15, 0.2) is 12.3 Å². The summed E-state index contributed by atoms with van der Waals surface area (Å²) in [5, 5.41) is 7.10. The SMILES string of the molecule is CCC(C)(C(=O)NCCc1ccn(C)n1)C(N)=S. The Kier molecular flexibility index (Phi) is 4.84. The average Bonchev–Trinajstić information content (AvgIpc) is 2.73. The molecule has 1 atom stereocenters. The molecule has 1 aromatic rings. The van der Waals surface area contributed by atoms with Crippen molar-refractivity contribution in [2.75, 3.05) is 6.54 Å². The van der Waals surface area contributed by atoms with Crippen molar-refractivity contribution < 1.29 is 4.79 Å². The quantitative estimate of drug-likeness (QED) is 0.748. The van der Waals surface area contributed by atoms with Gasteiger partial charge in [-0.15, -0.1) is 0 Å². The molecule has 18 heavy (non-hydrogen) atoms. The number of hydrogen-bond donors (Lipinski definition) is 2. The van der Waals surface area contributed by atoms with E-state index in [4.69, 9.17) is 18.0 Å². The number of aromatic nitrogens is 2. The van der Waals surface area contributed by atoms with Gasteiger partial charge >= 0.3 is 0 Å². The number of nitrogens with two attached hydrogens (primary N) is 1. The molecule has 0 bridgehead atoms. The van der Waals surface area contributed by atoms with E-state index in [-0.39, 0.29) is 10.9 Å². The molecule has 0 saturated carbocycles. The summed E-state index contributed by atoms with van der Waals surface area (Å²) in [6.45, 7) is 4.21. The molecule has 0 aliphatic carbocycles. The van der Waals surface area contributed by atoms with Crippen molar-refractivity contribution >= 4 is 23.1 Å². The van der Waals surface area contributed by atoms with Gasteiger partial charge in [0, 0.05) is 26.2 Å². The minimum atomic E-state index is -0.764. The van der Waals surface area contributed by atoms with E-state index in [0.29, 0.717) is 19.4 Å². The minimum Gasteiger partial charge on any atom is -0.392 e. The lowest BCUT2D eigenvalue weighted by Crippen LogP contribution is -2.47. The van der Waals surface area contributed by atoms with Crippen molar-refractivity contribution in [1.82, 2.24) is 15.1 Å². The molecule has 1 unspecified atom stereocenters. The highest BCUT2D eigenvalue weighted by atomic mass is 32.1. The molecular formula is C12H20N4OS. The van der Waals surface area contributed by atoms with Gasteiger partial charge in [0.1, 0.15) is 0 Å². The van der Waals surface area contributed by atoms with Crippen molar-refractivity contribution in [3.63, 3.8) is 0 Å². The maximum Gasteiger partial charge on any atom is 0.232 e. The second-order valence-electron chi connectivity index (χ2n) is 4.54. The van der Waals surface area contributed by atoms with Crippen LogP contribution < -0.4 is 11.1 Å². The van der Waals surface area contributed by atoms with E-state index < -0.39 is 5.41 Å². The van der Waals surface area contributed by atoms with Gasteiger partial charge in [-0.3, -0.25) is 9.48 Å². The Morgan fingerprint density at radius 3 is 2.78 bits per heavy atom. The maximum absolute atomic E-state index is 12.0. The molecule has 1 heterocycles. The molecule has 0 fully saturated rings. The Morgan fingerprint density at radius 2 is 2.33 bits per heavy atom. The van der Waals surface area contributed by atoms with Gasteiger partial charge in [0.05, 0.1) is 16.1 Å². The van der Waals surface area contributed by atoms with Crippen LogP contribution in [0.4, 0.5) is 0 Å². The molecule has 5 nitrogen and oxygen atoms in total. The summed E-state index contributed by atoms with van der Waals surface area (Å²) in [5.74, 6) is -0.117. The summed E-state index contributed by atoms with van der Waals surface area (Å²) in [4.78, 5) is 12.3. The fourth-order valence-corrected chi connectivity index (χ4v) is 1.78. The van der Waals surface area contributed by atoms with Crippen molar-refractivity contribution in [3.05, 3.63) is 18.0 Å². The molecular weight excluding hydrogens is 248 g/mol. The van der Waals surface area contributed by atoms with Crippen LogP contribution in [0.3, 0.4) is 0 Å². The van der Waals surface area contributed by atoms with Crippen LogP contribution in [-0.4, -0.2) is 27.2 Å². The van der Waals surface area contributed by atoms with Gasteiger partial charge in [-0.05, 0) is 19.4 Å². The smallest absolute Gasteiger partial charge is 0.232 e. The van der Waals surface area contributed by atoms with Crippen LogP contribution in [-0.2, 0) is 18.3 Å². The first kappa shape index (κ1) is 14.6. The molecule has 1 amide bonds. The van der Waals surface area contributed by atoms with Crippen LogP contribution in [0.1, 0.15) is 26.0 Å². The number of carbonyl (C=O) groups excluding carboxylic acids is 1. The van der Waals surface area contributed by atoms with Crippen LogP contribution in [0.25, 0.3) is 0 Å². The van der Waals surface area contributed by atoms with Crippen molar-refractivity contribution in [2.45, 2.75) is 26.7 Å². The van der Waals surface area contributed by atoms with E-state index in [2.05, 4.69) is 10.4 Å². The molecule has 100 valence electrons. The van der Waals surface area contributed by atoms with E-state index in [9.17, 15) is 4.79 Å². The van der Waals surface area contributed by atoms with E-state index in [1.54, 1.807) is 11.6 Å². The molecule has 0 saturated heterocycles. The zero-order chi connectivity index (χ0) is 13.8. The predicted molar refractivity (Wildman–Crippen MR) is 75.1 cm³/mol. The van der Waals surface area contributed by atoms with Gasteiger partial charge in [-0.1, -0.05) is 19.1 Å². The molecule has 0 aromatic carbocycles. The van der Waals surface area contributed by atoms with Crippen LogP contribution in [0.2, 0.25) is 0 Å². The molecule has 1 rings (SSSR count). The monoisotopic (exact) mass is 268 g/mol. The average molecular weight is 268 g/mol. The number of amides is 1. The Morgan fingerprint density at radius 1 is 1.67 bits per heavy atom. The Hall–Kier alpha value is -1.43. The van der Waals surface area contributed by atoms with Crippen molar-refractivity contribution in [3.8, 4) is 0 Å². The van der Waals surface area contributed by atoms with Crippen LogP contribution >= 0.6 is 12.2 Å². The number of thiocarbonyl (C=S) groups is 1. The third-order valence-electron chi connectivity index (χ3n) is 3.19. The van der Waals surface area contributed by atoms with Gasteiger partial charge < -0.3 is 11.1 Å². The summed E-state index contributed by atoms with van der Waals surface area (Å²) in [7, 11) is 1.86. The van der Waals surface area contributed by atoms with E-state index in [1.807, 2.05) is 26.2 Å². The van der Waals surface area contributed by atoms with Gasteiger partial charge in [0.2, 0.25) is 5.91 Å². The van der Waals surface area contributed by atoms with Gasteiger partial charge in [-0.2, -0.15) is 5.10 Å². The summed E-state index contributed by atoms with van der Waals surface area (Å²) in [5.41, 5.74) is 5.81. The third-order valence-corrected chi connectivity index (χ3v) is 3.64. The molecule has 1 aromatic heterocycles. The van der Waals surface area contributed by atoms with Gasteiger partial charge in [0.25, 0.3) is 0 Å². The summed E-state index contributed by atoms with van der Waals surface area (Å²) in [6, 6.07) is 1.93. The molecule has 3 N–H and O–H groups in total. The topological polar surface area (TPSA) is 72.9 Å². The lowest BCUT2D eigenvalue weighted by Gasteiger charge is -2.25. The normalized spacial score (nSPS) is 13.9. The summed E-state index contributed by atoms with van der Waals surface area (Å²) < 4.78 is 1.74. The zero-order valence-corrected chi connectivity index (χ0v) is 11.9. The molecule has 6 heteroatoms. The van der Waals surface area contributed by atoms with Gasteiger partial charge in [0.15, 0.2) is 0 Å².